The van der Waals surface area contributed by atoms with Crippen molar-refractivity contribution in [1.29, 1.82) is 0 Å². The number of amides is 1. The minimum atomic E-state index is -0.0149. The second-order valence-corrected chi connectivity index (χ2v) is 7.30. The summed E-state index contributed by atoms with van der Waals surface area (Å²) in [6.07, 6.45) is 4.53. The third-order valence-electron chi connectivity index (χ3n) is 5.15. The number of hydrogen-bond acceptors (Lipinski definition) is 3. The van der Waals surface area contributed by atoms with Crippen LogP contribution in [-0.2, 0) is 0 Å². The molecule has 2 aromatic heterocycles. The van der Waals surface area contributed by atoms with Crippen molar-refractivity contribution in [3.8, 4) is 5.69 Å². The fraction of sp³-hybridized carbons (Fsp3) is 0.381. The predicted molar refractivity (Wildman–Crippen MR) is 103 cm³/mol. The first-order chi connectivity index (χ1) is 12.5. The van der Waals surface area contributed by atoms with Gasteiger partial charge in [-0.25, -0.2) is 9.67 Å². The summed E-state index contributed by atoms with van der Waals surface area (Å²) < 4.78 is 1.84. The van der Waals surface area contributed by atoms with Gasteiger partial charge in [0.25, 0.3) is 5.91 Å². The van der Waals surface area contributed by atoms with E-state index in [9.17, 15) is 4.79 Å². The van der Waals surface area contributed by atoms with E-state index in [1.165, 1.54) is 18.4 Å². The Hall–Kier alpha value is -2.69. The average Bonchev–Trinajstić information content (AvgIpc) is 3.23. The van der Waals surface area contributed by atoms with E-state index in [-0.39, 0.29) is 5.91 Å². The first-order valence-corrected chi connectivity index (χ1v) is 9.28. The Morgan fingerprint density at radius 1 is 1.12 bits per heavy atom. The first-order valence-electron chi connectivity index (χ1n) is 9.28. The third-order valence-corrected chi connectivity index (χ3v) is 5.15. The standard InChI is InChI=1S/C21H24N4O/c1-13-8-10-17(11-9-13)25-20-19(15(3)24-25)18(12-14(2)22-20)21(26)23-16-6-4-5-7-16/h8-12,16H,4-7H2,1-3H3,(H,23,26). The zero-order chi connectivity index (χ0) is 18.3. The molecule has 2 heterocycles. The molecule has 1 amide bonds. The van der Waals surface area contributed by atoms with Crippen LogP contribution >= 0.6 is 0 Å². The van der Waals surface area contributed by atoms with Gasteiger partial charge in [-0.05, 0) is 51.8 Å². The van der Waals surface area contributed by atoms with Gasteiger partial charge in [-0.3, -0.25) is 4.79 Å². The van der Waals surface area contributed by atoms with Gasteiger partial charge < -0.3 is 5.32 Å². The summed E-state index contributed by atoms with van der Waals surface area (Å²) in [6, 6.07) is 10.3. The van der Waals surface area contributed by atoms with Crippen LogP contribution in [0.2, 0.25) is 0 Å². The zero-order valence-electron chi connectivity index (χ0n) is 15.5. The SMILES string of the molecule is Cc1ccc(-n2nc(C)c3c(C(=O)NC4CCCC4)cc(C)nc32)cc1. The van der Waals surface area contributed by atoms with E-state index in [0.29, 0.717) is 11.6 Å². The molecule has 0 spiro atoms. The fourth-order valence-corrected chi connectivity index (χ4v) is 3.79. The zero-order valence-corrected chi connectivity index (χ0v) is 15.5. The number of benzene rings is 1. The molecule has 5 heteroatoms. The molecular formula is C21H24N4O. The van der Waals surface area contributed by atoms with E-state index in [0.717, 1.165) is 41.0 Å². The maximum absolute atomic E-state index is 12.9. The molecule has 5 nitrogen and oxygen atoms in total. The molecule has 1 aliphatic rings. The van der Waals surface area contributed by atoms with Crippen molar-refractivity contribution in [2.24, 2.45) is 0 Å². The number of aryl methyl sites for hydroxylation is 3. The number of aromatic nitrogens is 3. The number of hydrogen-bond donors (Lipinski definition) is 1. The van der Waals surface area contributed by atoms with Gasteiger partial charge in [0.15, 0.2) is 5.65 Å². The highest BCUT2D eigenvalue weighted by Crippen LogP contribution is 2.26. The van der Waals surface area contributed by atoms with Crippen molar-refractivity contribution in [2.75, 3.05) is 0 Å². The maximum Gasteiger partial charge on any atom is 0.252 e. The molecule has 134 valence electrons. The maximum atomic E-state index is 12.9. The first kappa shape index (κ1) is 16.8. The lowest BCUT2D eigenvalue weighted by atomic mass is 10.1. The number of carbonyl (C=O) groups excluding carboxylic acids is 1. The van der Waals surface area contributed by atoms with Crippen molar-refractivity contribution in [1.82, 2.24) is 20.1 Å². The van der Waals surface area contributed by atoms with Crippen LogP contribution in [0.1, 0.15) is 53.0 Å². The van der Waals surface area contributed by atoms with E-state index in [1.54, 1.807) is 0 Å². The van der Waals surface area contributed by atoms with Crippen molar-refractivity contribution < 1.29 is 4.79 Å². The number of nitrogens with zero attached hydrogens (tertiary/aromatic N) is 3. The minimum Gasteiger partial charge on any atom is -0.349 e. The van der Waals surface area contributed by atoms with Gasteiger partial charge in [0.2, 0.25) is 0 Å². The molecule has 4 rings (SSSR count). The average molecular weight is 348 g/mol. The molecule has 1 aliphatic carbocycles. The van der Waals surface area contributed by atoms with Crippen molar-refractivity contribution in [3.05, 3.63) is 52.8 Å². The highest BCUT2D eigenvalue weighted by atomic mass is 16.1. The van der Waals surface area contributed by atoms with Gasteiger partial charge in [0, 0.05) is 11.7 Å². The van der Waals surface area contributed by atoms with Gasteiger partial charge >= 0.3 is 0 Å². The Bertz CT molecular complexity index is 966. The van der Waals surface area contributed by atoms with E-state index in [2.05, 4.69) is 29.5 Å². The van der Waals surface area contributed by atoms with Crippen LogP contribution in [0.3, 0.4) is 0 Å². The van der Waals surface area contributed by atoms with Crippen LogP contribution in [0.5, 0.6) is 0 Å². The number of carbonyl (C=O) groups is 1. The Labute approximate surface area is 153 Å². The molecule has 0 radical (unpaired) electrons. The fourth-order valence-electron chi connectivity index (χ4n) is 3.79. The van der Waals surface area contributed by atoms with Crippen LogP contribution in [-0.4, -0.2) is 26.7 Å². The van der Waals surface area contributed by atoms with E-state index >= 15 is 0 Å². The van der Waals surface area contributed by atoms with Crippen LogP contribution in [0.4, 0.5) is 0 Å². The Morgan fingerprint density at radius 2 is 1.81 bits per heavy atom. The molecule has 1 saturated carbocycles. The lowest BCUT2D eigenvalue weighted by Crippen LogP contribution is -2.32. The molecule has 0 atom stereocenters. The molecule has 1 N–H and O–H groups in total. The summed E-state index contributed by atoms with van der Waals surface area (Å²) in [5, 5.41) is 8.71. The summed E-state index contributed by atoms with van der Waals surface area (Å²) >= 11 is 0. The predicted octanol–water partition coefficient (Wildman–Crippen LogP) is 4.02. The molecular weight excluding hydrogens is 324 g/mol. The van der Waals surface area contributed by atoms with Gasteiger partial charge in [0.05, 0.1) is 22.3 Å². The molecule has 0 bridgehead atoms. The molecule has 1 aromatic carbocycles. The van der Waals surface area contributed by atoms with Crippen LogP contribution in [0, 0.1) is 20.8 Å². The van der Waals surface area contributed by atoms with E-state index in [1.807, 2.05) is 36.7 Å². The summed E-state index contributed by atoms with van der Waals surface area (Å²) in [5.41, 5.74) is 5.21. The van der Waals surface area contributed by atoms with Crippen LogP contribution < -0.4 is 5.32 Å². The van der Waals surface area contributed by atoms with Crippen molar-refractivity contribution in [2.45, 2.75) is 52.5 Å². The quantitative estimate of drug-likeness (QED) is 0.778. The van der Waals surface area contributed by atoms with Gasteiger partial charge in [-0.1, -0.05) is 30.5 Å². The smallest absolute Gasteiger partial charge is 0.252 e. The topological polar surface area (TPSA) is 59.8 Å². The highest BCUT2D eigenvalue weighted by Gasteiger charge is 2.23. The van der Waals surface area contributed by atoms with Crippen molar-refractivity contribution in [3.63, 3.8) is 0 Å². The number of fused-ring (bicyclic) bond motifs is 1. The Balaban J connectivity index is 1.81. The third kappa shape index (κ3) is 2.98. The molecule has 0 saturated heterocycles. The van der Waals surface area contributed by atoms with Gasteiger partial charge in [0.1, 0.15) is 0 Å². The molecule has 1 fully saturated rings. The van der Waals surface area contributed by atoms with E-state index < -0.39 is 0 Å². The summed E-state index contributed by atoms with van der Waals surface area (Å²) in [5.74, 6) is -0.0149. The van der Waals surface area contributed by atoms with Crippen LogP contribution in [0.15, 0.2) is 30.3 Å². The monoisotopic (exact) mass is 348 g/mol. The summed E-state index contributed by atoms with van der Waals surface area (Å²) in [6.45, 7) is 5.92. The summed E-state index contributed by atoms with van der Waals surface area (Å²) in [4.78, 5) is 17.6. The molecule has 26 heavy (non-hydrogen) atoms. The number of rotatable bonds is 3. The highest BCUT2D eigenvalue weighted by molar-refractivity contribution is 6.06. The summed E-state index contributed by atoms with van der Waals surface area (Å²) in [7, 11) is 0. The van der Waals surface area contributed by atoms with Gasteiger partial charge in [-0.15, -0.1) is 0 Å². The molecule has 3 aromatic rings. The number of nitrogens with one attached hydrogen (secondary N) is 1. The normalized spacial score (nSPS) is 14.9. The van der Waals surface area contributed by atoms with Gasteiger partial charge in [-0.2, -0.15) is 5.10 Å². The Morgan fingerprint density at radius 3 is 2.50 bits per heavy atom. The lowest BCUT2D eigenvalue weighted by Gasteiger charge is -2.13. The Kier molecular flexibility index (Phi) is 4.23. The van der Waals surface area contributed by atoms with Crippen LogP contribution in [0.25, 0.3) is 16.7 Å². The molecule has 0 aliphatic heterocycles. The second-order valence-electron chi connectivity index (χ2n) is 7.30. The minimum absolute atomic E-state index is 0.0149. The number of pyridine rings is 1. The largest absolute Gasteiger partial charge is 0.349 e. The van der Waals surface area contributed by atoms with E-state index in [4.69, 9.17) is 4.98 Å². The second kappa shape index (κ2) is 6.56. The molecule has 0 unspecified atom stereocenters. The lowest BCUT2D eigenvalue weighted by molar-refractivity contribution is 0.0939. The van der Waals surface area contributed by atoms with Crippen molar-refractivity contribution >= 4 is 16.9 Å².